The minimum Gasteiger partial charge on any atom is -0.493 e. The molecule has 0 spiro atoms. The Hall–Kier alpha value is -1.55. The average molecular weight is 236 g/mol. The van der Waals surface area contributed by atoms with Crippen LogP contribution in [0.3, 0.4) is 0 Å². The molecule has 0 saturated heterocycles. The number of fused-ring (bicyclic) bond motifs is 1. The molecule has 1 aliphatic heterocycles. The molecule has 1 aromatic rings. The molecule has 1 N–H and O–H groups in total. The van der Waals surface area contributed by atoms with E-state index < -0.39 is 12.1 Å². The van der Waals surface area contributed by atoms with Gasteiger partial charge in [0.1, 0.15) is 5.75 Å². The number of carboxylic acids is 1. The lowest BCUT2D eigenvalue weighted by molar-refractivity contribution is -0.149. The molecule has 2 rings (SSSR count). The number of aliphatic carboxylic acids is 1. The summed E-state index contributed by atoms with van der Waals surface area (Å²) in [6.45, 7) is 2.63. The first-order valence-electron chi connectivity index (χ1n) is 5.74. The Bertz CT molecular complexity index is 402. The van der Waals surface area contributed by atoms with Gasteiger partial charge in [0.2, 0.25) is 0 Å². The monoisotopic (exact) mass is 236 g/mol. The van der Waals surface area contributed by atoms with Gasteiger partial charge in [0.25, 0.3) is 0 Å². The van der Waals surface area contributed by atoms with Crippen molar-refractivity contribution in [1.29, 1.82) is 0 Å². The lowest BCUT2D eigenvalue weighted by Gasteiger charge is -2.26. The molecule has 0 aromatic heterocycles. The van der Waals surface area contributed by atoms with Gasteiger partial charge in [0.05, 0.1) is 13.2 Å². The Morgan fingerprint density at radius 3 is 3.12 bits per heavy atom. The van der Waals surface area contributed by atoms with Gasteiger partial charge in [-0.3, -0.25) is 0 Å². The Labute approximate surface area is 100 Å². The van der Waals surface area contributed by atoms with Gasteiger partial charge in [-0.25, -0.2) is 4.79 Å². The number of carbonyl (C=O) groups is 1. The Morgan fingerprint density at radius 2 is 2.35 bits per heavy atom. The molecule has 0 fully saturated rings. The maximum Gasteiger partial charge on any atom is 0.332 e. The summed E-state index contributed by atoms with van der Waals surface area (Å²) in [5, 5.41) is 8.76. The molecule has 2 atom stereocenters. The zero-order chi connectivity index (χ0) is 12.3. The zero-order valence-electron chi connectivity index (χ0n) is 9.76. The summed E-state index contributed by atoms with van der Waals surface area (Å²) in [4.78, 5) is 10.7. The van der Waals surface area contributed by atoms with E-state index in [0.29, 0.717) is 13.2 Å². The highest BCUT2D eigenvalue weighted by Gasteiger charge is 2.23. The molecule has 1 heterocycles. The minimum absolute atomic E-state index is 0.224. The molecule has 92 valence electrons. The van der Waals surface area contributed by atoms with Gasteiger partial charge in [-0.05, 0) is 25.0 Å². The topological polar surface area (TPSA) is 55.8 Å². The van der Waals surface area contributed by atoms with Crippen molar-refractivity contribution in [2.24, 2.45) is 0 Å². The third-order valence-corrected chi connectivity index (χ3v) is 2.98. The van der Waals surface area contributed by atoms with E-state index in [1.165, 1.54) is 0 Å². The van der Waals surface area contributed by atoms with E-state index >= 15 is 0 Å². The molecular weight excluding hydrogens is 220 g/mol. The molecule has 4 nitrogen and oxygen atoms in total. The quantitative estimate of drug-likeness (QED) is 0.869. The van der Waals surface area contributed by atoms with Crippen LogP contribution < -0.4 is 4.74 Å². The van der Waals surface area contributed by atoms with E-state index in [2.05, 4.69) is 0 Å². The van der Waals surface area contributed by atoms with Crippen molar-refractivity contribution in [3.63, 3.8) is 0 Å². The Kier molecular flexibility index (Phi) is 3.64. The molecule has 0 saturated carbocycles. The van der Waals surface area contributed by atoms with Gasteiger partial charge in [0.15, 0.2) is 6.10 Å². The zero-order valence-corrected chi connectivity index (χ0v) is 9.76. The summed E-state index contributed by atoms with van der Waals surface area (Å²) in [6.07, 6.45) is 0.105. The molecule has 1 aliphatic rings. The van der Waals surface area contributed by atoms with Crippen LogP contribution in [0.2, 0.25) is 0 Å². The van der Waals surface area contributed by atoms with Crippen LogP contribution in [0.1, 0.15) is 24.8 Å². The number of hydrogen-bond donors (Lipinski definition) is 1. The van der Waals surface area contributed by atoms with E-state index in [1.807, 2.05) is 24.3 Å². The highest BCUT2D eigenvalue weighted by Crippen LogP contribution is 2.33. The van der Waals surface area contributed by atoms with Crippen molar-refractivity contribution >= 4 is 5.97 Å². The first kappa shape index (κ1) is 11.9. The largest absolute Gasteiger partial charge is 0.493 e. The molecule has 0 aliphatic carbocycles. The summed E-state index contributed by atoms with van der Waals surface area (Å²) in [7, 11) is 0. The highest BCUT2D eigenvalue weighted by molar-refractivity contribution is 5.71. The van der Waals surface area contributed by atoms with Crippen molar-refractivity contribution in [3.05, 3.63) is 29.8 Å². The third-order valence-electron chi connectivity index (χ3n) is 2.98. The molecule has 0 bridgehead atoms. The molecular formula is C13H16O4. The van der Waals surface area contributed by atoms with Gasteiger partial charge in [-0.1, -0.05) is 18.2 Å². The van der Waals surface area contributed by atoms with Crippen LogP contribution in [0, 0.1) is 0 Å². The lowest BCUT2D eigenvalue weighted by atomic mass is 9.94. The van der Waals surface area contributed by atoms with Crippen LogP contribution in [0.25, 0.3) is 0 Å². The van der Waals surface area contributed by atoms with Gasteiger partial charge < -0.3 is 14.6 Å². The number of ether oxygens (including phenoxy) is 2. The molecule has 0 radical (unpaired) electrons. The number of hydrogen-bond acceptors (Lipinski definition) is 3. The smallest absolute Gasteiger partial charge is 0.332 e. The third kappa shape index (κ3) is 2.77. The van der Waals surface area contributed by atoms with Gasteiger partial charge in [-0.15, -0.1) is 0 Å². The van der Waals surface area contributed by atoms with E-state index in [4.69, 9.17) is 14.6 Å². The highest BCUT2D eigenvalue weighted by atomic mass is 16.5. The van der Waals surface area contributed by atoms with Crippen LogP contribution in [0.5, 0.6) is 5.75 Å². The van der Waals surface area contributed by atoms with Crippen molar-refractivity contribution in [2.75, 3.05) is 13.2 Å². The van der Waals surface area contributed by atoms with E-state index in [-0.39, 0.29) is 5.92 Å². The van der Waals surface area contributed by atoms with Crippen molar-refractivity contribution in [1.82, 2.24) is 0 Å². The van der Waals surface area contributed by atoms with Gasteiger partial charge >= 0.3 is 5.97 Å². The van der Waals surface area contributed by atoms with Gasteiger partial charge in [-0.2, -0.15) is 0 Å². The standard InChI is InChI=1S/C13H16O4/c1-9(13(14)15)17-8-10-6-7-16-12-5-3-2-4-11(10)12/h2-5,9-10H,6-8H2,1H3,(H,14,15). The maximum absolute atomic E-state index is 10.7. The van der Waals surface area contributed by atoms with Gasteiger partial charge in [0, 0.05) is 5.92 Å². The van der Waals surface area contributed by atoms with Crippen molar-refractivity contribution in [2.45, 2.75) is 25.4 Å². The van der Waals surface area contributed by atoms with Crippen LogP contribution in [-0.4, -0.2) is 30.4 Å². The second kappa shape index (κ2) is 5.19. The van der Waals surface area contributed by atoms with Crippen LogP contribution in [-0.2, 0) is 9.53 Å². The predicted octanol–water partition coefficient (Wildman–Crippen LogP) is 2.04. The Morgan fingerprint density at radius 1 is 1.59 bits per heavy atom. The number of benzene rings is 1. The Balaban J connectivity index is 2.01. The fraction of sp³-hybridized carbons (Fsp3) is 0.462. The second-order valence-corrected chi connectivity index (χ2v) is 4.19. The molecule has 17 heavy (non-hydrogen) atoms. The summed E-state index contributed by atoms with van der Waals surface area (Å²) in [6, 6.07) is 7.83. The van der Waals surface area contributed by atoms with Crippen molar-refractivity contribution < 1.29 is 19.4 Å². The SMILES string of the molecule is CC(OCC1CCOc2ccccc21)C(=O)O. The first-order valence-corrected chi connectivity index (χ1v) is 5.74. The molecule has 4 heteroatoms. The molecule has 2 unspecified atom stereocenters. The van der Waals surface area contributed by atoms with E-state index in [9.17, 15) is 4.79 Å². The van der Waals surface area contributed by atoms with Crippen LogP contribution >= 0.6 is 0 Å². The minimum atomic E-state index is -0.926. The van der Waals surface area contributed by atoms with Crippen molar-refractivity contribution in [3.8, 4) is 5.75 Å². The normalized spacial score (nSPS) is 20.2. The first-order chi connectivity index (χ1) is 8.18. The summed E-state index contributed by atoms with van der Waals surface area (Å²) in [5.74, 6) is 0.183. The number of para-hydroxylation sites is 1. The van der Waals surface area contributed by atoms with E-state index in [1.54, 1.807) is 6.92 Å². The van der Waals surface area contributed by atoms with E-state index in [0.717, 1.165) is 17.7 Å². The van der Waals surface area contributed by atoms with Crippen LogP contribution in [0.15, 0.2) is 24.3 Å². The fourth-order valence-electron chi connectivity index (χ4n) is 1.92. The molecule has 0 amide bonds. The summed E-state index contributed by atoms with van der Waals surface area (Å²) < 4.78 is 10.9. The lowest BCUT2D eigenvalue weighted by Crippen LogP contribution is -2.25. The fourth-order valence-corrected chi connectivity index (χ4v) is 1.92. The predicted molar refractivity (Wildman–Crippen MR) is 62.3 cm³/mol. The van der Waals surface area contributed by atoms with Crippen LogP contribution in [0.4, 0.5) is 0 Å². The summed E-state index contributed by atoms with van der Waals surface area (Å²) >= 11 is 0. The number of carboxylic acid groups (broad SMARTS) is 1. The number of rotatable bonds is 4. The average Bonchev–Trinajstić information content (AvgIpc) is 2.35. The maximum atomic E-state index is 10.7. The second-order valence-electron chi connectivity index (χ2n) is 4.19. The molecule has 1 aromatic carbocycles. The summed E-state index contributed by atoms with van der Waals surface area (Å²) in [5.41, 5.74) is 1.11.